The van der Waals surface area contributed by atoms with E-state index in [-0.39, 0.29) is 50.9 Å². The van der Waals surface area contributed by atoms with E-state index in [2.05, 4.69) is 15.3 Å². The molecule has 49 heavy (non-hydrogen) atoms. The fourth-order valence-corrected chi connectivity index (χ4v) is 7.01. The zero-order valence-corrected chi connectivity index (χ0v) is 27.6. The topological polar surface area (TPSA) is 215 Å². The molecule has 5 atom stereocenters. The first-order valence-corrected chi connectivity index (χ1v) is 16.6. The number of allylic oxidation sites excluding steroid dienone is 1. The first-order chi connectivity index (χ1) is 23.7. The summed E-state index contributed by atoms with van der Waals surface area (Å²) in [5, 5.41) is 15.1. The van der Waals surface area contributed by atoms with Crippen molar-refractivity contribution in [3.05, 3.63) is 79.0 Å². The number of carbonyl (C=O) groups is 3. The molecule has 1 saturated carbocycles. The fourth-order valence-electron chi connectivity index (χ4n) is 7.01. The quantitative estimate of drug-likeness (QED) is 0.0345. The molecule has 3 N–H and O–H groups in total. The van der Waals surface area contributed by atoms with E-state index in [0.717, 1.165) is 28.5 Å². The number of alkyl carbamates (subject to hydrolysis) is 1. The van der Waals surface area contributed by atoms with Gasteiger partial charge in [-0.05, 0) is 61.1 Å². The molecular weight excluding hydrogens is 638 g/mol. The van der Waals surface area contributed by atoms with Crippen LogP contribution in [0.3, 0.4) is 0 Å². The lowest BCUT2D eigenvalue weighted by Crippen LogP contribution is -2.55. The summed E-state index contributed by atoms with van der Waals surface area (Å²) < 4.78 is 15.4. The molecule has 3 aliphatic rings. The number of likely N-dealkylation sites (tertiary alicyclic amines) is 1. The van der Waals surface area contributed by atoms with Crippen LogP contribution < -0.4 is 22.2 Å². The number of fused-ring (bicyclic) bond motifs is 3. The van der Waals surface area contributed by atoms with Crippen LogP contribution in [0.25, 0.3) is 10.4 Å². The van der Waals surface area contributed by atoms with Crippen molar-refractivity contribution in [1.29, 1.82) is 0 Å². The normalized spacial score (nSPS) is 21.0. The summed E-state index contributed by atoms with van der Waals surface area (Å²) in [5.41, 5.74) is 11.4. The number of ether oxygens (including phenoxy) is 2. The number of azide groups is 1. The summed E-state index contributed by atoms with van der Waals surface area (Å²) in [4.78, 5) is 70.2. The van der Waals surface area contributed by atoms with Crippen molar-refractivity contribution in [1.82, 2.24) is 29.6 Å². The molecule has 5 rings (SSSR count). The highest BCUT2D eigenvalue weighted by molar-refractivity contribution is 5.76. The van der Waals surface area contributed by atoms with Crippen LogP contribution in [0.15, 0.2) is 56.7 Å². The molecule has 17 heteroatoms. The average molecular weight is 682 g/mol. The molecule has 264 valence electrons. The number of hydroxylamine groups is 1. The summed E-state index contributed by atoms with van der Waals surface area (Å²) in [5.74, 6) is -0.817. The van der Waals surface area contributed by atoms with Crippen LogP contribution in [0, 0.1) is 5.92 Å². The Hall–Kier alpha value is -4.86. The predicted octanol–water partition coefficient (Wildman–Crippen LogP) is 2.11. The average Bonchev–Trinajstić information content (AvgIpc) is 3.85. The third-order valence-electron chi connectivity index (χ3n) is 9.52. The third kappa shape index (κ3) is 7.90. The van der Waals surface area contributed by atoms with Gasteiger partial charge in [-0.1, -0.05) is 47.9 Å². The van der Waals surface area contributed by atoms with Gasteiger partial charge >= 0.3 is 23.4 Å². The standard InChI is InChI=1S/C32H43N9O8/c1-38-31(45)40-23(21-12-13-21)18-22-19-39(24(29(43)48-2)17-20-9-5-3-6-10-20)28(27(22)41(40)32(38)46)25(14-16-35-37-33)49-30(44)34-15-8-4-7-11-26(42)36-47/h3,5-6,9-10,18,21,23-25,27-28,47H,4,7-8,11-17,19H2,1-2H3,(H,34,44)(H,36,42)/t23-,24-,25-,27+,28-/m0/s1. The van der Waals surface area contributed by atoms with Crippen LogP contribution in [-0.2, 0) is 32.5 Å². The number of carbonyl (C=O) groups excluding carboxylic acids is 3. The summed E-state index contributed by atoms with van der Waals surface area (Å²) in [6.45, 7) is 0.441. The van der Waals surface area contributed by atoms with Gasteiger partial charge in [0.1, 0.15) is 12.1 Å². The van der Waals surface area contributed by atoms with Crippen LogP contribution in [0.1, 0.15) is 62.6 Å². The third-order valence-corrected chi connectivity index (χ3v) is 9.52. The molecule has 2 aromatic rings. The highest BCUT2D eigenvalue weighted by Crippen LogP contribution is 2.47. The number of methoxy groups -OCH3 is 1. The highest BCUT2D eigenvalue weighted by Gasteiger charge is 2.53. The smallest absolute Gasteiger partial charge is 0.407 e. The van der Waals surface area contributed by atoms with E-state index in [1.54, 1.807) is 5.48 Å². The zero-order chi connectivity index (χ0) is 35.1. The monoisotopic (exact) mass is 681 g/mol. The molecule has 17 nitrogen and oxygen atoms in total. The van der Waals surface area contributed by atoms with Crippen molar-refractivity contribution in [2.75, 3.05) is 26.7 Å². The number of aromatic nitrogens is 3. The molecule has 0 radical (unpaired) electrons. The molecule has 0 unspecified atom stereocenters. The van der Waals surface area contributed by atoms with Crippen LogP contribution >= 0.6 is 0 Å². The van der Waals surface area contributed by atoms with Gasteiger partial charge in [0.2, 0.25) is 5.91 Å². The van der Waals surface area contributed by atoms with Crippen LogP contribution in [0.4, 0.5) is 4.79 Å². The first kappa shape index (κ1) is 35.4. The van der Waals surface area contributed by atoms with E-state index in [9.17, 15) is 24.0 Å². The summed E-state index contributed by atoms with van der Waals surface area (Å²) in [6, 6.07) is 6.60. The molecule has 2 fully saturated rings. The molecule has 0 bridgehead atoms. The van der Waals surface area contributed by atoms with E-state index in [4.69, 9.17) is 20.2 Å². The van der Waals surface area contributed by atoms with Gasteiger partial charge in [0, 0.05) is 38.0 Å². The second-order valence-corrected chi connectivity index (χ2v) is 12.7. The van der Waals surface area contributed by atoms with E-state index in [1.807, 2.05) is 41.3 Å². The maximum absolute atomic E-state index is 13.8. The number of rotatable bonds is 16. The Bertz CT molecular complexity index is 1710. The molecule has 1 aliphatic carbocycles. The predicted molar refractivity (Wildman–Crippen MR) is 175 cm³/mol. The molecule has 2 aliphatic heterocycles. The van der Waals surface area contributed by atoms with Gasteiger partial charge in [0.05, 0.1) is 25.2 Å². The fraction of sp³-hybridized carbons (Fsp3) is 0.594. The maximum Gasteiger partial charge on any atom is 0.407 e. The Kier molecular flexibility index (Phi) is 11.6. The lowest BCUT2D eigenvalue weighted by atomic mass is 9.93. The number of amides is 2. The van der Waals surface area contributed by atoms with Crippen molar-refractivity contribution in [2.45, 2.75) is 81.6 Å². The molecule has 2 amide bonds. The minimum Gasteiger partial charge on any atom is -0.468 e. The van der Waals surface area contributed by atoms with Gasteiger partial charge in [-0.3, -0.25) is 19.7 Å². The van der Waals surface area contributed by atoms with Crippen LogP contribution in [-0.4, -0.2) is 86.9 Å². The number of esters is 1. The molecule has 1 aromatic heterocycles. The summed E-state index contributed by atoms with van der Waals surface area (Å²) >= 11 is 0. The summed E-state index contributed by atoms with van der Waals surface area (Å²) in [6.07, 6.45) is 4.23. The molecule has 3 heterocycles. The number of nitrogens with zero attached hydrogens (tertiary/aromatic N) is 7. The van der Waals surface area contributed by atoms with Crippen molar-refractivity contribution < 1.29 is 29.1 Å². The number of hydrogen-bond acceptors (Lipinski definition) is 10. The van der Waals surface area contributed by atoms with Gasteiger partial charge in [0.15, 0.2) is 0 Å². The van der Waals surface area contributed by atoms with Crippen LogP contribution in [0.5, 0.6) is 0 Å². The van der Waals surface area contributed by atoms with Crippen molar-refractivity contribution in [3.63, 3.8) is 0 Å². The van der Waals surface area contributed by atoms with Crippen LogP contribution in [0.2, 0.25) is 0 Å². The Labute approximate surface area is 282 Å². The van der Waals surface area contributed by atoms with Crippen molar-refractivity contribution in [2.24, 2.45) is 18.1 Å². The van der Waals surface area contributed by atoms with Gasteiger partial charge < -0.3 is 14.8 Å². The SMILES string of the molecule is COC(=O)[C@H](Cc1ccccc1)N1CC2=C[C@@H](C3CC3)n3c(=O)n(C)c(=O)n3[C@H]2[C@@H]1[C@H](CCN=[N+]=[N-])OC(=O)NCCCCCC(=O)NO. The largest absolute Gasteiger partial charge is 0.468 e. The zero-order valence-electron chi connectivity index (χ0n) is 27.6. The molecule has 1 saturated heterocycles. The van der Waals surface area contributed by atoms with Gasteiger partial charge in [-0.2, -0.15) is 0 Å². The van der Waals surface area contributed by atoms with E-state index in [1.165, 1.54) is 23.5 Å². The Balaban J connectivity index is 1.51. The van der Waals surface area contributed by atoms with Crippen molar-refractivity contribution >= 4 is 18.0 Å². The second kappa shape index (κ2) is 16.0. The molecule has 0 spiro atoms. The van der Waals surface area contributed by atoms with Gasteiger partial charge in [-0.15, -0.1) is 0 Å². The van der Waals surface area contributed by atoms with E-state index >= 15 is 0 Å². The molecule has 1 aromatic carbocycles. The Morgan fingerprint density at radius 2 is 1.84 bits per heavy atom. The first-order valence-electron chi connectivity index (χ1n) is 16.6. The molecular formula is C32H43N9O8. The van der Waals surface area contributed by atoms with Gasteiger partial charge in [-0.25, -0.2) is 33.8 Å². The summed E-state index contributed by atoms with van der Waals surface area (Å²) in [7, 11) is 2.74. The highest BCUT2D eigenvalue weighted by atomic mass is 16.6. The van der Waals surface area contributed by atoms with Gasteiger partial charge in [0.25, 0.3) is 0 Å². The van der Waals surface area contributed by atoms with E-state index < -0.39 is 53.6 Å². The minimum absolute atomic E-state index is 0.0414. The number of hydrogen-bond donors (Lipinski definition) is 3. The number of benzene rings is 1. The van der Waals surface area contributed by atoms with Crippen molar-refractivity contribution in [3.8, 4) is 0 Å². The van der Waals surface area contributed by atoms with E-state index in [0.29, 0.717) is 19.3 Å². The lowest BCUT2D eigenvalue weighted by molar-refractivity contribution is -0.148. The minimum atomic E-state index is -0.995. The maximum atomic E-state index is 13.8. The lowest BCUT2D eigenvalue weighted by Gasteiger charge is -2.38. The second-order valence-electron chi connectivity index (χ2n) is 12.7. The number of nitrogens with one attached hydrogen (secondary N) is 2. The Morgan fingerprint density at radius 3 is 2.51 bits per heavy atom. The Morgan fingerprint density at radius 1 is 1.10 bits per heavy atom. The number of unbranched alkanes of at least 4 members (excludes halogenated alkanes) is 2.